The van der Waals surface area contributed by atoms with Gasteiger partial charge in [-0.2, -0.15) is 5.11 Å². The van der Waals surface area contributed by atoms with Crippen molar-refractivity contribution in [3.8, 4) is 0 Å². The van der Waals surface area contributed by atoms with Gasteiger partial charge in [0.25, 0.3) is 0 Å². The second kappa shape index (κ2) is 7.13. The molecule has 0 saturated carbocycles. The van der Waals surface area contributed by atoms with E-state index in [1.165, 1.54) is 0 Å². The van der Waals surface area contributed by atoms with E-state index in [1.807, 2.05) is 12.4 Å². The molecule has 0 bridgehead atoms. The summed E-state index contributed by atoms with van der Waals surface area (Å²) in [6, 6.07) is 0.740. The molecule has 102 valence electrons. The van der Waals surface area contributed by atoms with Crippen molar-refractivity contribution in [1.29, 1.82) is 0 Å². The predicted octanol–water partition coefficient (Wildman–Crippen LogP) is 3.52. The summed E-state index contributed by atoms with van der Waals surface area (Å²) in [5, 5.41) is 12.3. The number of hydrogen-bond donors (Lipinski definition) is 0. The Labute approximate surface area is 109 Å². The van der Waals surface area contributed by atoms with Crippen LogP contribution in [0.15, 0.2) is 27.8 Å². The van der Waals surface area contributed by atoms with Crippen molar-refractivity contribution in [1.82, 2.24) is 9.13 Å². The Balaban J connectivity index is 2.99. The Hall–Kier alpha value is -1.39. The SMILES string of the molecule is CCCCN=NN=c1n(C(C)C)ccn1C(C)C. The van der Waals surface area contributed by atoms with Crippen LogP contribution in [0.25, 0.3) is 0 Å². The topological polar surface area (TPSA) is 46.9 Å². The molecule has 0 aliphatic carbocycles. The molecule has 0 spiro atoms. The van der Waals surface area contributed by atoms with E-state index in [-0.39, 0.29) is 0 Å². The Morgan fingerprint density at radius 1 is 1.06 bits per heavy atom. The normalized spacial score (nSPS) is 11.9. The average molecular weight is 251 g/mol. The Morgan fingerprint density at radius 2 is 1.61 bits per heavy atom. The fourth-order valence-corrected chi connectivity index (χ4v) is 1.66. The molecule has 0 fully saturated rings. The van der Waals surface area contributed by atoms with Gasteiger partial charge in [-0.1, -0.05) is 18.4 Å². The highest BCUT2D eigenvalue weighted by Gasteiger charge is 2.06. The summed E-state index contributed by atoms with van der Waals surface area (Å²) in [4.78, 5) is 0. The molecule has 0 amide bonds. The van der Waals surface area contributed by atoms with Crippen LogP contribution in [0.5, 0.6) is 0 Å². The van der Waals surface area contributed by atoms with Crippen molar-refractivity contribution >= 4 is 0 Å². The summed E-state index contributed by atoms with van der Waals surface area (Å²) in [5.74, 6) is 0. The van der Waals surface area contributed by atoms with Gasteiger partial charge in [-0.3, -0.25) is 0 Å². The molecule has 0 aromatic carbocycles. The highest BCUT2D eigenvalue weighted by Crippen LogP contribution is 2.04. The Kier molecular flexibility index (Phi) is 5.82. The number of unbranched alkanes of at least 4 members (excludes halogenated alkanes) is 1. The zero-order chi connectivity index (χ0) is 13.5. The average Bonchev–Trinajstić information content (AvgIpc) is 2.72. The third-order valence-electron chi connectivity index (χ3n) is 2.77. The number of imidazole rings is 1. The minimum Gasteiger partial charge on any atom is -0.313 e. The number of rotatable bonds is 6. The van der Waals surface area contributed by atoms with Gasteiger partial charge in [0.05, 0.1) is 6.54 Å². The van der Waals surface area contributed by atoms with Crippen LogP contribution in [0.1, 0.15) is 59.5 Å². The van der Waals surface area contributed by atoms with Crippen LogP contribution in [0.4, 0.5) is 0 Å². The molecular weight excluding hydrogens is 226 g/mol. The predicted molar refractivity (Wildman–Crippen MR) is 73.4 cm³/mol. The monoisotopic (exact) mass is 251 g/mol. The molecule has 1 rings (SSSR count). The molecule has 1 aromatic heterocycles. The number of nitrogens with zero attached hydrogens (tertiary/aromatic N) is 5. The summed E-state index contributed by atoms with van der Waals surface area (Å²) in [6.07, 6.45) is 6.29. The molecule has 1 heterocycles. The van der Waals surface area contributed by atoms with E-state index < -0.39 is 0 Å². The maximum Gasteiger partial charge on any atom is 0.232 e. The van der Waals surface area contributed by atoms with E-state index in [2.05, 4.69) is 59.2 Å². The number of aromatic nitrogens is 2. The van der Waals surface area contributed by atoms with Crippen molar-refractivity contribution in [2.75, 3.05) is 6.54 Å². The third kappa shape index (κ3) is 3.82. The quantitative estimate of drug-likeness (QED) is 0.422. The number of hydrogen-bond acceptors (Lipinski definition) is 2. The first-order valence-electron chi connectivity index (χ1n) is 6.77. The van der Waals surface area contributed by atoms with Crippen LogP contribution < -0.4 is 5.62 Å². The smallest absolute Gasteiger partial charge is 0.232 e. The van der Waals surface area contributed by atoms with Crippen molar-refractivity contribution in [2.24, 2.45) is 15.4 Å². The molecule has 0 saturated heterocycles. The lowest BCUT2D eigenvalue weighted by Gasteiger charge is -2.09. The Morgan fingerprint density at radius 3 is 2.06 bits per heavy atom. The van der Waals surface area contributed by atoms with Gasteiger partial charge in [0, 0.05) is 24.5 Å². The van der Waals surface area contributed by atoms with Gasteiger partial charge in [0.2, 0.25) is 5.62 Å². The minimum atomic E-state index is 0.370. The molecule has 5 nitrogen and oxygen atoms in total. The minimum absolute atomic E-state index is 0.370. The Bertz CT molecular complexity index is 408. The first-order chi connectivity index (χ1) is 8.57. The zero-order valence-electron chi connectivity index (χ0n) is 12.2. The van der Waals surface area contributed by atoms with Gasteiger partial charge in [0.15, 0.2) is 0 Å². The molecular formula is C13H25N5. The molecule has 0 aliphatic rings. The van der Waals surface area contributed by atoms with E-state index in [0.29, 0.717) is 12.1 Å². The second-order valence-corrected chi connectivity index (χ2v) is 5.01. The van der Waals surface area contributed by atoms with Gasteiger partial charge in [-0.15, -0.1) is 0 Å². The molecule has 0 atom stereocenters. The first kappa shape index (κ1) is 14.7. The van der Waals surface area contributed by atoms with Gasteiger partial charge < -0.3 is 9.13 Å². The molecule has 0 N–H and O–H groups in total. The highest BCUT2D eigenvalue weighted by atomic mass is 15.4. The van der Waals surface area contributed by atoms with E-state index in [4.69, 9.17) is 0 Å². The molecule has 0 radical (unpaired) electrons. The van der Waals surface area contributed by atoms with Gasteiger partial charge in [0.1, 0.15) is 0 Å². The standard InChI is InChI=1S/C13H25N5/c1-6-7-8-14-16-15-13-17(11(2)3)9-10-18(13)12(4)5/h9-12H,6-8H2,1-5H3. The van der Waals surface area contributed by atoms with Crippen molar-refractivity contribution in [3.63, 3.8) is 0 Å². The summed E-state index contributed by atoms with van der Waals surface area (Å²) in [6.45, 7) is 11.4. The maximum absolute atomic E-state index is 4.26. The maximum atomic E-state index is 4.26. The van der Waals surface area contributed by atoms with Crippen LogP contribution in [-0.2, 0) is 0 Å². The summed E-state index contributed by atoms with van der Waals surface area (Å²) in [5.41, 5.74) is 0.861. The third-order valence-corrected chi connectivity index (χ3v) is 2.77. The molecule has 18 heavy (non-hydrogen) atoms. The molecule has 0 aliphatic heterocycles. The lowest BCUT2D eigenvalue weighted by molar-refractivity contribution is 0.502. The van der Waals surface area contributed by atoms with E-state index in [1.54, 1.807) is 0 Å². The first-order valence-corrected chi connectivity index (χ1v) is 6.77. The highest BCUT2D eigenvalue weighted by molar-refractivity contribution is 4.84. The van der Waals surface area contributed by atoms with Crippen LogP contribution in [0.2, 0.25) is 0 Å². The van der Waals surface area contributed by atoms with E-state index in [9.17, 15) is 0 Å². The molecule has 5 heteroatoms. The van der Waals surface area contributed by atoms with E-state index in [0.717, 1.165) is 25.0 Å². The van der Waals surface area contributed by atoms with Crippen molar-refractivity contribution < 1.29 is 0 Å². The summed E-state index contributed by atoms with van der Waals surface area (Å²) >= 11 is 0. The van der Waals surface area contributed by atoms with Gasteiger partial charge in [-0.05, 0) is 39.3 Å². The largest absolute Gasteiger partial charge is 0.313 e. The molecule has 1 aromatic rings. The van der Waals surface area contributed by atoms with Gasteiger partial charge in [-0.25, -0.2) is 0 Å². The van der Waals surface area contributed by atoms with Crippen LogP contribution in [0, 0.1) is 0 Å². The second-order valence-electron chi connectivity index (χ2n) is 5.01. The van der Waals surface area contributed by atoms with Crippen LogP contribution >= 0.6 is 0 Å². The zero-order valence-corrected chi connectivity index (χ0v) is 12.2. The lowest BCUT2D eigenvalue weighted by Crippen LogP contribution is -2.27. The van der Waals surface area contributed by atoms with Crippen molar-refractivity contribution in [3.05, 3.63) is 18.0 Å². The van der Waals surface area contributed by atoms with Crippen LogP contribution in [0.3, 0.4) is 0 Å². The lowest BCUT2D eigenvalue weighted by atomic mass is 10.3. The molecule has 0 unspecified atom stereocenters. The van der Waals surface area contributed by atoms with Crippen LogP contribution in [-0.4, -0.2) is 15.7 Å². The fourth-order valence-electron chi connectivity index (χ4n) is 1.66. The fraction of sp³-hybridized carbons (Fsp3) is 0.769. The van der Waals surface area contributed by atoms with E-state index >= 15 is 0 Å². The summed E-state index contributed by atoms with van der Waals surface area (Å²) in [7, 11) is 0. The summed E-state index contributed by atoms with van der Waals surface area (Å²) < 4.78 is 4.22. The van der Waals surface area contributed by atoms with Gasteiger partial charge >= 0.3 is 0 Å². The van der Waals surface area contributed by atoms with Crippen molar-refractivity contribution in [2.45, 2.75) is 59.5 Å².